The van der Waals surface area contributed by atoms with Crippen molar-refractivity contribution in [2.24, 2.45) is 0 Å². The van der Waals surface area contributed by atoms with E-state index in [1.165, 1.54) is 0 Å². The molecule has 0 aliphatic carbocycles. The van der Waals surface area contributed by atoms with Crippen LogP contribution in [-0.2, 0) is 11.2 Å². The van der Waals surface area contributed by atoms with E-state index < -0.39 is 0 Å². The first-order valence-corrected chi connectivity index (χ1v) is 8.61. The van der Waals surface area contributed by atoms with E-state index in [1.807, 2.05) is 36.1 Å². The fourth-order valence-corrected chi connectivity index (χ4v) is 3.52. The van der Waals surface area contributed by atoms with Crippen LogP contribution in [-0.4, -0.2) is 49.1 Å². The van der Waals surface area contributed by atoms with Crippen molar-refractivity contribution >= 4 is 22.4 Å². The van der Waals surface area contributed by atoms with Gasteiger partial charge in [-0.05, 0) is 24.6 Å². The molecule has 6 heteroatoms. The Labute approximate surface area is 140 Å². The molecule has 1 aliphatic heterocycles. The Morgan fingerprint density at radius 1 is 1.22 bits per heavy atom. The molecule has 1 fully saturated rings. The number of carbonyl (C=O) groups excluding carboxylic acids is 1. The Kier molecular flexibility index (Phi) is 4.81. The number of hydrogen-bond acceptors (Lipinski definition) is 5. The zero-order chi connectivity index (χ0) is 16.2. The second kappa shape index (κ2) is 7.00. The third-order valence-corrected chi connectivity index (χ3v) is 5.04. The molecular weight excluding hydrogens is 310 g/mol. The van der Waals surface area contributed by atoms with Gasteiger partial charge in [-0.25, -0.2) is 4.98 Å². The lowest BCUT2D eigenvalue weighted by Gasteiger charge is -2.34. The maximum atomic E-state index is 12.4. The fraction of sp³-hybridized carbons (Fsp3) is 0.412. The number of aryl methyl sites for hydroxylation is 1. The van der Waals surface area contributed by atoms with Gasteiger partial charge in [0.05, 0.1) is 19.2 Å². The Bertz CT molecular complexity index is 661. The van der Waals surface area contributed by atoms with Crippen molar-refractivity contribution in [3.8, 4) is 5.75 Å². The van der Waals surface area contributed by atoms with Crippen molar-refractivity contribution in [3.05, 3.63) is 40.9 Å². The van der Waals surface area contributed by atoms with Gasteiger partial charge in [0.2, 0.25) is 5.91 Å². The number of ether oxygens (including phenoxy) is 1. The number of anilines is 1. The summed E-state index contributed by atoms with van der Waals surface area (Å²) < 4.78 is 5.14. The van der Waals surface area contributed by atoms with Crippen LogP contribution < -0.4 is 9.64 Å². The average Bonchev–Trinajstić information content (AvgIpc) is 3.02. The minimum Gasteiger partial charge on any atom is -0.497 e. The highest BCUT2D eigenvalue weighted by molar-refractivity contribution is 7.13. The predicted octanol–water partition coefficient (Wildman–Crippen LogP) is 2.35. The zero-order valence-electron chi connectivity index (χ0n) is 13.5. The zero-order valence-corrected chi connectivity index (χ0v) is 14.3. The van der Waals surface area contributed by atoms with Crippen molar-refractivity contribution in [3.63, 3.8) is 0 Å². The van der Waals surface area contributed by atoms with Gasteiger partial charge in [0, 0.05) is 31.6 Å². The van der Waals surface area contributed by atoms with Crippen LogP contribution in [0.4, 0.5) is 5.13 Å². The summed E-state index contributed by atoms with van der Waals surface area (Å²) >= 11 is 1.67. The number of methoxy groups -OCH3 is 1. The normalized spacial score (nSPS) is 14.9. The number of hydrogen-bond donors (Lipinski definition) is 0. The highest BCUT2D eigenvalue weighted by atomic mass is 32.1. The first kappa shape index (κ1) is 15.8. The summed E-state index contributed by atoms with van der Waals surface area (Å²) in [6.07, 6.45) is 0.445. The SMILES string of the molecule is COc1ccc(CC(=O)N2CCN(c3nc(C)cs3)CC2)cc1. The number of amides is 1. The van der Waals surface area contributed by atoms with Crippen molar-refractivity contribution in [1.29, 1.82) is 0 Å². The van der Waals surface area contributed by atoms with E-state index in [-0.39, 0.29) is 5.91 Å². The molecule has 122 valence electrons. The van der Waals surface area contributed by atoms with Crippen LogP contribution in [0.1, 0.15) is 11.3 Å². The molecule has 1 aliphatic rings. The fourth-order valence-electron chi connectivity index (χ4n) is 2.66. The molecule has 2 aromatic rings. The Balaban J connectivity index is 1.53. The van der Waals surface area contributed by atoms with E-state index in [1.54, 1.807) is 18.4 Å². The summed E-state index contributed by atoms with van der Waals surface area (Å²) in [7, 11) is 1.64. The maximum absolute atomic E-state index is 12.4. The second-order valence-electron chi connectivity index (χ2n) is 5.66. The molecule has 0 spiro atoms. The molecule has 0 N–H and O–H groups in total. The van der Waals surface area contributed by atoms with Crippen LogP contribution in [0.2, 0.25) is 0 Å². The molecule has 1 aromatic carbocycles. The summed E-state index contributed by atoms with van der Waals surface area (Å²) in [4.78, 5) is 21.2. The third kappa shape index (κ3) is 3.82. The molecule has 23 heavy (non-hydrogen) atoms. The summed E-state index contributed by atoms with van der Waals surface area (Å²) in [5.74, 6) is 0.999. The molecule has 0 unspecified atom stereocenters. The van der Waals surface area contributed by atoms with Crippen LogP contribution in [0.3, 0.4) is 0 Å². The molecule has 1 aromatic heterocycles. The summed E-state index contributed by atoms with van der Waals surface area (Å²) in [6.45, 7) is 5.22. The summed E-state index contributed by atoms with van der Waals surface area (Å²) in [5.41, 5.74) is 2.08. The van der Waals surface area contributed by atoms with Crippen LogP contribution in [0.5, 0.6) is 5.75 Å². The number of thiazole rings is 1. The molecule has 0 bridgehead atoms. The van der Waals surface area contributed by atoms with Crippen molar-refractivity contribution in [1.82, 2.24) is 9.88 Å². The van der Waals surface area contributed by atoms with Crippen LogP contribution in [0.15, 0.2) is 29.6 Å². The molecule has 2 heterocycles. The second-order valence-corrected chi connectivity index (χ2v) is 6.50. The number of benzene rings is 1. The average molecular weight is 331 g/mol. The van der Waals surface area contributed by atoms with Gasteiger partial charge >= 0.3 is 0 Å². The van der Waals surface area contributed by atoms with E-state index in [9.17, 15) is 4.79 Å². The van der Waals surface area contributed by atoms with Crippen molar-refractivity contribution in [2.45, 2.75) is 13.3 Å². The smallest absolute Gasteiger partial charge is 0.227 e. The third-order valence-electron chi connectivity index (χ3n) is 4.02. The first-order chi connectivity index (χ1) is 11.2. The monoisotopic (exact) mass is 331 g/mol. The molecule has 0 radical (unpaired) electrons. The van der Waals surface area contributed by atoms with Gasteiger partial charge in [-0.15, -0.1) is 11.3 Å². The van der Waals surface area contributed by atoms with Gasteiger partial charge in [-0.1, -0.05) is 12.1 Å². The van der Waals surface area contributed by atoms with Gasteiger partial charge in [0.15, 0.2) is 5.13 Å². The van der Waals surface area contributed by atoms with Crippen molar-refractivity contribution in [2.75, 3.05) is 38.2 Å². The minimum absolute atomic E-state index is 0.185. The summed E-state index contributed by atoms with van der Waals surface area (Å²) in [6, 6.07) is 7.69. The number of rotatable bonds is 4. The lowest BCUT2D eigenvalue weighted by Crippen LogP contribution is -2.49. The molecule has 1 saturated heterocycles. The number of piperazine rings is 1. The van der Waals surface area contributed by atoms with E-state index in [0.717, 1.165) is 48.3 Å². The lowest BCUT2D eigenvalue weighted by molar-refractivity contribution is -0.130. The van der Waals surface area contributed by atoms with E-state index in [4.69, 9.17) is 4.74 Å². The molecule has 0 atom stereocenters. The van der Waals surface area contributed by atoms with Crippen molar-refractivity contribution < 1.29 is 9.53 Å². The van der Waals surface area contributed by atoms with E-state index in [0.29, 0.717) is 6.42 Å². The van der Waals surface area contributed by atoms with Gasteiger partial charge in [-0.2, -0.15) is 0 Å². The summed E-state index contributed by atoms with van der Waals surface area (Å²) in [5, 5.41) is 3.13. The Hall–Kier alpha value is -2.08. The lowest BCUT2D eigenvalue weighted by atomic mass is 10.1. The Morgan fingerprint density at radius 3 is 2.48 bits per heavy atom. The standard InChI is InChI=1S/C17H21N3O2S/c1-13-12-23-17(18-13)20-9-7-19(8-10-20)16(21)11-14-3-5-15(22-2)6-4-14/h3-6,12H,7-11H2,1-2H3. The quantitative estimate of drug-likeness (QED) is 0.863. The first-order valence-electron chi connectivity index (χ1n) is 7.73. The minimum atomic E-state index is 0.185. The molecular formula is C17H21N3O2S. The van der Waals surface area contributed by atoms with Crippen LogP contribution >= 0.6 is 11.3 Å². The molecule has 5 nitrogen and oxygen atoms in total. The number of aromatic nitrogens is 1. The van der Waals surface area contributed by atoms with E-state index >= 15 is 0 Å². The topological polar surface area (TPSA) is 45.7 Å². The highest BCUT2D eigenvalue weighted by Crippen LogP contribution is 2.21. The van der Waals surface area contributed by atoms with Gasteiger partial charge in [0.1, 0.15) is 5.75 Å². The molecule has 3 rings (SSSR count). The Morgan fingerprint density at radius 2 is 1.91 bits per heavy atom. The number of carbonyl (C=O) groups is 1. The van der Waals surface area contributed by atoms with Crippen LogP contribution in [0, 0.1) is 6.92 Å². The number of nitrogens with zero attached hydrogens (tertiary/aromatic N) is 3. The highest BCUT2D eigenvalue weighted by Gasteiger charge is 2.22. The molecule has 1 amide bonds. The van der Waals surface area contributed by atoms with Gasteiger partial charge < -0.3 is 14.5 Å². The largest absolute Gasteiger partial charge is 0.497 e. The van der Waals surface area contributed by atoms with Gasteiger partial charge in [0.25, 0.3) is 0 Å². The van der Waals surface area contributed by atoms with E-state index in [2.05, 4.69) is 15.3 Å². The maximum Gasteiger partial charge on any atom is 0.227 e. The van der Waals surface area contributed by atoms with Gasteiger partial charge in [-0.3, -0.25) is 4.79 Å². The molecule has 0 saturated carbocycles. The van der Waals surface area contributed by atoms with Crippen LogP contribution in [0.25, 0.3) is 0 Å². The predicted molar refractivity (Wildman–Crippen MR) is 92.3 cm³/mol.